The molecule has 0 unspecified atom stereocenters. The van der Waals surface area contributed by atoms with Gasteiger partial charge < -0.3 is 10.2 Å². The van der Waals surface area contributed by atoms with Crippen LogP contribution in [-0.4, -0.2) is 4.98 Å². The molecule has 0 saturated heterocycles. The molecular weight excluding hydrogens is 104 g/mol. The number of hydrogen-bond acceptors (Lipinski definition) is 3. The van der Waals surface area contributed by atoms with E-state index in [9.17, 15) is 0 Å². The van der Waals surface area contributed by atoms with Crippen LogP contribution in [0, 0.1) is 0 Å². The number of nitrogens with two attached hydrogens (primary N) is 1. The van der Waals surface area contributed by atoms with Crippen molar-refractivity contribution >= 4 is 5.88 Å². The lowest BCUT2D eigenvalue weighted by atomic mass is 10.9. The summed E-state index contributed by atoms with van der Waals surface area (Å²) in [7, 11) is 0. The maximum atomic E-state index is 5.05. The molecule has 0 radical (unpaired) electrons. The fourth-order valence-corrected chi connectivity index (χ4v) is 0.226. The minimum atomic E-state index is 0.356. The smallest absolute Gasteiger partial charge is 0.210 e. The Kier molecular flexibility index (Phi) is 3.66. The maximum absolute atomic E-state index is 5.05. The summed E-state index contributed by atoms with van der Waals surface area (Å²) in [5, 5.41) is 0. The molecule has 0 fully saturated rings. The average Bonchev–Trinajstić information content (AvgIpc) is 2.24. The Labute approximate surface area is 48.5 Å². The molecule has 0 aliphatic carbocycles. The SMILES string of the molecule is CC.Nc1cnco1. The summed E-state index contributed by atoms with van der Waals surface area (Å²) in [6.45, 7) is 4.00. The quantitative estimate of drug-likeness (QED) is 0.552. The average molecular weight is 114 g/mol. The number of oxazole rings is 1. The van der Waals surface area contributed by atoms with Crippen molar-refractivity contribution in [2.45, 2.75) is 13.8 Å². The lowest BCUT2D eigenvalue weighted by Crippen LogP contribution is -1.75. The van der Waals surface area contributed by atoms with E-state index < -0.39 is 0 Å². The third-order valence-electron chi connectivity index (χ3n) is 0.451. The zero-order chi connectivity index (χ0) is 6.41. The van der Waals surface area contributed by atoms with Crippen LogP contribution in [0.15, 0.2) is 17.0 Å². The Morgan fingerprint density at radius 1 is 1.62 bits per heavy atom. The highest BCUT2D eigenvalue weighted by atomic mass is 16.3. The fraction of sp³-hybridized carbons (Fsp3) is 0.400. The first kappa shape index (κ1) is 7.01. The lowest BCUT2D eigenvalue weighted by molar-refractivity contribution is 0.577. The van der Waals surface area contributed by atoms with Crippen LogP contribution >= 0.6 is 0 Å². The van der Waals surface area contributed by atoms with Gasteiger partial charge >= 0.3 is 0 Å². The number of anilines is 1. The maximum Gasteiger partial charge on any atom is 0.210 e. The molecule has 8 heavy (non-hydrogen) atoms. The number of hydrogen-bond donors (Lipinski definition) is 1. The van der Waals surface area contributed by atoms with E-state index in [0.29, 0.717) is 5.88 Å². The summed E-state index contributed by atoms with van der Waals surface area (Å²) in [4.78, 5) is 3.53. The van der Waals surface area contributed by atoms with Crippen LogP contribution in [0.1, 0.15) is 13.8 Å². The molecule has 0 aliphatic heterocycles. The normalized spacial score (nSPS) is 7.25. The first-order valence-corrected chi connectivity index (χ1v) is 2.53. The van der Waals surface area contributed by atoms with Crippen molar-refractivity contribution in [2.75, 3.05) is 5.73 Å². The van der Waals surface area contributed by atoms with Crippen LogP contribution in [0.5, 0.6) is 0 Å². The van der Waals surface area contributed by atoms with Gasteiger partial charge in [0.05, 0.1) is 6.20 Å². The van der Waals surface area contributed by atoms with Crippen LogP contribution in [0.25, 0.3) is 0 Å². The van der Waals surface area contributed by atoms with Crippen molar-refractivity contribution in [3.05, 3.63) is 12.6 Å². The highest BCUT2D eigenvalue weighted by Gasteiger charge is 1.77. The van der Waals surface area contributed by atoms with Crippen LogP contribution < -0.4 is 5.73 Å². The first-order valence-electron chi connectivity index (χ1n) is 2.53. The molecule has 0 amide bonds. The summed E-state index contributed by atoms with van der Waals surface area (Å²) < 4.78 is 4.50. The van der Waals surface area contributed by atoms with Gasteiger partial charge in [0.25, 0.3) is 0 Å². The predicted molar refractivity (Wildman–Crippen MR) is 32.3 cm³/mol. The fourth-order valence-electron chi connectivity index (χ4n) is 0.226. The molecule has 0 spiro atoms. The summed E-state index contributed by atoms with van der Waals surface area (Å²) >= 11 is 0. The van der Waals surface area contributed by atoms with E-state index in [1.54, 1.807) is 0 Å². The van der Waals surface area contributed by atoms with Gasteiger partial charge in [-0.05, 0) is 0 Å². The zero-order valence-corrected chi connectivity index (χ0v) is 5.09. The van der Waals surface area contributed by atoms with Gasteiger partial charge in [0, 0.05) is 0 Å². The lowest BCUT2D eigenvalue weighted by Gasteiger charge is -1.68. The van der Waals surface area contributed by atoms with Gasteiger partial charge in [-0.15, -0.1) is 0 Å². The molecule has 3 nitrogen and oxygen atoms in total. The largest absolute Gasteiger partial charge is 0.428 e. The highest BCUT2D eigenvalue weighted by Crippen LogP contribution is 1.92. The molecule has 0 aliphatic rings. The Hall–Kier alpha value is -0.990. The second-order valence-corrected chi connectivity index (χ2v) is 0.904. The molecular formula is C5H10N2O. The van der Waals surface area contributed by atoms with Gasteiger partial charge in [-0.2, -0.15) is 0 Å². The number of nitrogens with zero attached hydrogens (tertiary/aromatic N) is 1. The van der Waals surface area contributed by atoms with Gasteiger partial charge in [-0.3, -0.25) is 0 Å². The highest BCUT2D eigenvalue weighted by molar-refractivity contribution is 5.15. The monoisotopic (exact) mass is 114 g/mol. The third kappa shape index (κ3) is 2.23. The van der Waals surface area contributed by atoms with E-state index in [1.165, 1.54) is 12.6 Å². The zero-order valence-electron chi connectivity index (χ0n) is 5.09. The second kappa shape index (κ2) is 4.18. The van der Waals surface area contributed by atoms with Crippen molar-refractivity contribution in [1.82, 2.24) is 4.98 Å². The molecule has 1 rings (SSSR count). The van der Waals surface area contributed by atoms with Gasteiger partial charge in [0.15, 0.2) is 6.39 Å². The van der Waals surface area contributed by atoms with Gasteiger partial charge in [-0.1, -0.05) is 13.8 Å². The van der Waals surface area contributed by atoms with E-state index in [1.807, 2.05) is 13.8 Å². The minimum Gasteiger partial charge on any atom is -0.428 e. The molecule has 0 saturated carbocycles. The molecule has 0 aromatic carbocycles. The van der Waals surface area contributed by atoms with Crippen LogP contribution in [0.3, 0.4) is 0 Å². The third-order valence-corrected chi connectivity index (χ3v) is 0.451. The molecule has 0 bridgehead atoms. The van der Waals surface area contributed by atoms with Crippen LogP contribution in [0.2, 0.25) is 0 Å². The van der Waals surface area contributed by atoms with E-state index >= 15 is 0 Å². The molecule has 1 aromatic rings. The van der Waals surface area contributed by atoms with E-state index in [-0.39, 0.29) is 0 Å². The van der Waals surface area contributed by atoms with Crippen LogP contribution in [0.4, 0.5) is 5.88 Å². The molecule has 3 heteroatoms. The molecule has 2 N–H and O–H groups in total. The Morgan fingerprint density at radius 2 is 2.25 bits per heavy atom. The van der Waals surface area contributed by atoms with Crippen molar-refractivity contribution < 1.29 is 4.42 Å². The summed E-state index contributed by atoms with van der Waals surface area (Å²) in [5.74, 6) is 0.356. The molecule has 1 aromatic heterocycles. The van der Waals surface area contributed by atoms with Crippen molar-refractivity contribution in [1.29, 1.82) is 0 Å². The number of nitrogen functional groups attached to an aromatic ring is 1. The Bertz CT molecular complexity index is 114. The van der Waals surface area contributed by atoms with E-state index in [2.05, 4.69) is 9.40 Å². The second-order valence-electron chi connectivity index (χ2n) is 0.904. The summed E-state index contributed by atoms with van der Waals surface area (Å²) in [6.07, 6.45) is 2.73. The standard InChI is InChI=1S/C3H4N2O.C2H6/c4-3-1-5-2-6-3;1-2/h1-2H,4H2;1-2H3. The number of rotatable bonds is 0. The topological polar surface area (TPSA) is 52.0 Å². The molecule has 1 heterocycles. The van der Waals surface area contributed by atoms with Crippen molar-refractivity contribution in [3.8, 4) is 0 Å². The summed E-state index contributed by atoms with van der Waals surface area (Å²) in [5.41, 5.74) is 5.05. The van der Waals surface area contributed by atoms with E-state index in [4.69, 9.17) is 5.73 Å². The van der Waals surface area contributed by atoms with Crippen LogP contribution in [-0.2, 0) is 0 Å². The van der Waals surface area contributed by atoms with Crippen molar-refractivity contribution in [2.24, 2.45) is 0 Å². The first-order chi connectivity index (χ1) is 3.89. The van der Waals surface area contributed by atoms with Gasteiger partial charge in [0.1, 0.15) is 0 Å². The van der Waals surface area contributed by atoms with Gasteiger partial charge in [0.2, 0.25) is 5.88 Å². The van der Waals surface area contributed by atoms with Gasteiger partial charge in [-0.25, -0.2) is 4.98 Å². The summed E-state index contributed by atoms with van der Waals surface area (Å²) in [6, 6.07) is 0. The molecule has 0 atom stereocenters. The van der Waals surface area contributed by atoms with Crippen molar-refractivity contribution in [3.63, 3.8) is 0 Å². The molecule has 46 valence electrons. The number of aromatic nitrogens is 1. The Morgan fingerprint density at radius 3 is 2.38 bits per heavy atom. The van der Waals surface area contributed by atoms with E-state index in [0.717, 1.165) is 0 Å². The Balaban J connectivity index is 0.000000222. The minimum absolute atomic E-state index is 0.356. The predicted octanol–water partition coefficient (Wildman–Crippen LogP) is 1.28.